The molecule has 0 unspecified atom stereocenters. The average molecular weight is 284 g/mol. The molecule has 4 aliphatic rings. The van der Waals surface area contributed by atoms with Gasteiger partial charge in [-0.1, -0.05) is 18.2 Å². The van der Waals surface area contributed by atoms with Gasteiger partial charge in [-0.05, 0) is 68.4 Å². The Morgan fingerprint density at radius 3 is 2.14 bits per heavy atom. The van der Waals surface area contributed by atoms with E-state index in [-0.39, 0.29) is 11.4 Å². The Morgan fingerprint density at radius 1 is 1.00 bits per heavy atom. The van der Waals surface area contributed by atoms with Gasteiger partial charge >= 0.3 is 0 Å². The molecule has 4 bridgehead atoms. The van der Waals surface area contributed by atoms with E-state index in [4.69, 9.17) is 0 Å². The summed E-state index contributed by atoms with van der Waals surface area (Å²) >= 11 is 0. The quantitative estimate of drug-likeness (QED) is 0.891. The average Bonchev–Trinajstić information content (AvgIpc) is 2.44. The Labute approximate surface area is 126 Å². The highest BCUT2D eigenvalue weighted by atomic mass is 16.2. The smallest absolute Gasteiger partial charge is 0.239 e. The zero-order valence-electron chi connectivity index (χ0n) is 12.5. The van der Waals surface area contributed by atoms with Gasteiger partial charge < -0.3 is 10.6 Å². The van der Waals surface area contributed by atoms with Gasteiger partial charge in [-0.25, -0.2) is 0 Å². The fourth-order valence-corrected chi connectivity index (χ4v) is 5.34. The monoisotopic (exact) mass is 284 g/mol. The van der Waals surface area contributed by atoms with Crippen LogP contribution < -0.4 is 10.6 Å². The van der Waals surface area contributed by atoms with E-state index >= 15 is 0 Å². The van der Waals surface area contributed by atoms with E-state index in [2.05, 4.69) is 10.6 Å². The number of hydrogen-bond acceptors (Lipinski definition) is 2. The van der Waals surface area contributed by atoms with Crippen LogP contribution in [0.3, 0.4) is 0 Å². The lowest BCUT2D eigenvalue weighted by Crippen LogP contribution is -2.60. The molecule has 4 fully saturated rings. The molecule has 1 amide bonds. The second kappa shape index (κ2) is 5.04. The largest absolute Gasteiger partial charge is 0.376 e. The van der Waals surface area contributed by atoms with Crippen LogP contribution in [0.1, 0.15) is 38.5 Å². The van der Waals surface area contributed by atoms with Crippen molar-refractivity contribution in [1.82, 2.24) is 5.32 Å². The van der Waals surface area contributed by atoms with Crippen molar-refractivity contribution in [2.24, 2.45) is 17.8 Å². The van der Waals surface area contributed by atoms with Crippen molar-refractivity contribution in [1.29, 1.82) is 0 Å². The molecule has 3 nitrogen and oxygen atoms in total. The van der Waals surface area contributed by atoms with Gasteiger partial charge in [-0.2, -0.15) is 0 Å². The van der Waals surface area contributed by atoms with Crippen LogP contribution in [-0.2, 0) is 4.79 Å². The first-order valence-electron chi connectivity index (χ1n) is 8.31. The molecule has 112 valence electrons. The van der Waals surface area contributed by atoms with Gasteiger partial charge in [0.05, 0.1) is 6.54 Å². The number of para-hydroxylation sites is 1. The highest BCUT2D eigenvalue weighted by Crippen LogP contribution is 2.55. The molecule has 0 aliphatic heterocycles. The lowest BCUT2D eigenvalue weighted by molar-refractivity contribution is -0.125. The zero-order chi connectivity index (χ0) is 14.3. The van der Waals surface area contributed by atoms with Crippen molar-refractivity contribution in [3.05, 3.63) is 30.3 Å². The molecule has 0 aromatic heterocycles. The third kappa shape index (κ3) is 2.66. The van der Waals surface area contributed by atoms with Crippen LogP contribution in [0.15, 0.2) is 30.3 Å². The fraction of sp³-hybridized carbons (Fsp3) is 0.611. The number of hydrogen-bond donors (Lipinski definition) is 2. The predicted molar refractivity (Wildman–Crippen MR) is 84.0 cm³/mol. The molecule has 5 rings (SSSR count). The molecule has 21 heavy (non-hydrogen) atoms. The van der Waals surface area contributed by atoms with Gasteiger partial charge in [0.2, 0.25) is 5.91 Å². The van der Waals surface area contributed by atoms with Gasteiger partial charge in [0.25, 0.3) is 0 Å². The minimum Gasteiger partial charge on any atom is -0.376 e. The Bertz CT molecular complexity index is 490. The summed E-state index contributed by atoms with van der Waals surface area (Å²) in [6.07, 6.45) is 7.90. The normalized spacial score (nSPS) is 36.5. The maximum atomic E-state index is 12.3. The van der Waals surface area contributed by atoms with Crippen molar-refractivity contribution < 1.29 is 4.79 Å². The first-order valence-corrected chi connectivity index (χ1v) is 8.31. The Kier molecular flexibility index (Phi) is 3.16. The van der Waals surface area contributed by atoms with Crippen LogP contribution >= 0.6 is 0 Å². The number of carbonyl (C=O) groups excluding carboxylic acids is 1. The number of amides is 1. The molecular formula is C18H24N2O. The minimum absolute atomic E-state index is 0.129. The Morgan fingerprint density at radius 2 is 1.57 bits per heavy atom. The highest BCUT2D eigenvalue weighted by Gasteiger charge is 2.51. The molecule has 0 spiro atoms. The molecule has 0 saturated heterocycles. The molecule has 0 heterocycles. The first-order chi connectivity index (χ1) is 10.2. The Balaban J connectivity index is 1.36. The van der Waals surface area contributed by atoms with Crippen molar-refractivity contribution in [3.63, 3.8) is 0 Å². The number of anilines is 1. The molecule has 3 heteroatoms. The first kappa shape index (κ1) is 13.2. The zero-order valence-corrected chi connectivity index (χ0v) is 12.5. The molecule has 0 atom stereocenters. The van der Waals surface area contributed by atoms with Crippen molar-refractivity contribution >= 4 is 11.6 Å². The maximum Gasteiger partial charge on any atom is 0.239 e. The third-order valence-electron chi connectivity index (χ3n) is 5.67. The minimum atomic E-state index is 0.129. The summed E-state index contributed by atoms with van der Waals surface area (Å²) in [7, 11) is 0. The van der Waals surface area contributed by atoms with E-state index in [9.17, 15) is 4.79 Å². The van der Waals surface area contributed by atoms with Crippen LogP contribution in [-0.4, -0.2) is 18.0 Å². The van der Waals surface area contributed by atoms with E-state index in [0.29, 0.717) is 6.54 Å². The summed E-state index contributed by atoms with van der Waals surface area (Å²) in [5.41, 5.74) is 1.14. The van der Waals surface area contributed by atoms with E-state index in [1.54, 1.807) is 0 Å². The van der Waals surface area contributed by atoms with E-state index in [1.807, 2.05) is 30.3 Å². The lowest BCUT2D eigenvalue weighted by atomic mass is 9.53. The van der Waals surface area contributed by atoms with Crippen LogP contribution in [0.25, 0.3) is 0 Å². The van der Waals surface area contributed by atoms with E-state index < -0.39 is 0 Å². The van der Waals surface area contributed by atoms with Crippen LogP contribution in [0, 0.1) is 17.8 Å². The summed E-state index contributed by atoms with van der Waals surface area (Å²) in [4.78, 5) is 12.3. The molecule has 1 aromatic carbocycles. The van der Waals surface area contributed by atoms with Gasteiger partial charge in [0, 0.05) is 11.2 Å². The highest BCUT2D eigenvalue weighted by molar-refractivity contribution is 5.81. The third-order valence-corrected chi connectivity index (χ3v) is 5.67. The molecule has 4 aliphatic carbocycles. The number of benzene rings is 1. The van der Waals surface area contributed by atoms with E-state index in [0.717, 1.165) is 23.4 Å². The Hall–Kier alpha value is -1.51. The summed E-state index contributed by atoms with van der Waals surface area (Å²) in [6, 6.07) is 9.95. The maximum absolute atomic E-state index is 12.3. The van der Waals surface area contributed by atoms with Crippen molar-refractivity contribution in [2.45, 2.75) is 44.1 Å². The fourth-order valence-electron chi connectivity index (χ4n) is 5.34. The molecule has 1 aromatic rings. The number of rotatable bonds is 4. The summed E-state index contributed by atoms with van der Waals surface area (Å²) in [5, 5.41) is 6.61. The lowest BCUT2D eigenvalue weighted by Gasteiger charge is -2.56. The number of carbonyl (C=O) groups is 1. The van der Waals surface area contributed by atoms with Crippen molar-refractivity contribution in [2.75, 3.05) is 11.9 Å². The molecular weight excluding hydrogens is 260 g/mol. The standard InChI is InChI=1S/C18H24N2O/c21-17(12-19-16-4-2-1-3-5-16)20-18-9-13-6-14(10-18)8-15(7-13)11-18/h1-5,13-15,19H,6-12H2,(H,20,21). The summed E-state index contributed by atoms with van der Waals surface area (Å²) in [5.74, 6) is 2.77. The van der Waals surface area contributed by atoms with Gasteiger partial charge in [0.15, 0.2) is 0 Å². The van der Waals surface area contributed by atoms with Crippen LogP contribution in [0.2, 0.25) is 0 Å². The topological polar surface area (TPSA) is 41.1 Å². The second-order valence-electron chi connectivity index (χ2n) is 7.47. The van der Waals surface area contributed by atoms with Gasteiger partial charge in [0.1, 0.15) is 0 Å². The summed E-state index contributed by atoms with van der Waals surface area (Å²) in [6.45, 7) is 0.381. The van der Waals surface area contributed by atoms with Crippen LogP contribution in [0.5, 0.6) is 0 Å². The number of nitrogens with one attached hydrogen (secondary N) is 2. The second-order valence-corrected chi connectivity index (χ2v) is 7.47. The molecule has 4 saturated carbocycles. The molecule has 2 N–H and O–H groups in total. The van der Waals surface area contributed by atoms with Crippen LogP contribution in [0.4, 0.5) is 5.69 Å². The molecule has 0 radical (unpaired) electrons. The summed E-state index contributed by atoms with van der Waals surface area (Å²) < 4.78 is 0. The van der Waals surface area contributed by atoms with Gasteiger partial charge in [-0.15, -0.1) is 0 Å². The van der Waals surface area contributed by atoms with Crippen molar-refractivity contribution in [3.8, 4) is 0 Å². The SMILES string of the molecule is O=C(CNc1ccccc1)NC12CC3CC(CC(C3)C1)C2. The predicted octanol–water partition coefficient (Wildman–Crippen LogP) is 3.18. The van der Waals surface area contributed by atoms with Gasteiger partial charge in [-0.3, -0.25) is 4.79 Å². The van der Waals surface area contributed by atoms with E-state index in [1.165, 1.54) is 38.5 Å².